The fourth-order valence-electron chi connectivity index (χ4n) is 4.00. The molecule has 1 aliphatic carbocycles. The van der Waals surface area contributed by atoms with E-state index >= 15 is 0 Å². The maximum absolute atomic E-state index is 13.0. The predicted molar refractivity (Wildman–Crippen MR) is 142 cm³/mol. The van der Waals surface area contributed by atoms with Gasteiger partial charge in [-0.05, 0) is 54.4 Å². The Kier molecular flexibility index (Phi) is 7.51. The quantitative estimate of drug-likeness (QED) is 0.233. The number of hydrogen-bond acceptors (Lipinski definition) is 3. The Bertz CT molecular complexity index is 1320. The Labute approximate surface area is 227 Å². The smallest absolute Gasteiger partial charge is 0.231 e. The minimum atomic E-state index is -1.32. The van der Waals surface area contributed by atoms with Gasteiger partial charge in [-0.1, -0.05) is 59.1 Å². The molecule has 4 nitrogen and oxygen atoms in total. The summed E-state index contributed by atoms with van der Waals surface area (Å²) in [7, 11) is 0. The van der Waals surface area contributed by atoms with Crippen molar-refractivity contribution < 1.29 is 14.4 Å². The molecule has 2 unspecified atom stereocenters. The zero-order valence-corrected chi connectivity index (χ0v) is 22.0. The lowest BCUT2D eigenvalue weighted by Gasteiger charge is -2.10. The van der Waals surface area contributed by atoms with E-state index in [2.05, 4.69) is 5.32 Å². The van der Waals surface area contributed by atoms with E-state index in [0.717, 1.165) is 5.56 Å². The van der Waals surface area contributed by atoms with Gasteiger partial charge < -0.3 is 5.32 Å². The van der Waals surface area contributed by atoms with Gasteiger partial charge in [0.25, 0.3) is 0 Å². The molecule has 0 aromatic heterocycles. The number of amides is 1. The second kappa shape index (κ2) is 10.1. The van der Waals surface area contributed by atoms with Crippen molar-refractivity contribution >= 4 is 81.2 Å². The molecule has 4 rings (SSSR count). The topological polar surface area (TPSA) is 63.2 Å². The van der Waals surface area contributed by atoms with Gasteiger partial charge in [-0.25, -0.2) is 0 Å². The van der Waals surface area contributed by atoms with Gasteiger partial charge in [-0.2, -0.15) is 0 Å². The second-order valence-corrected chi connectivity index (χ2v) is 11.1. The number of benzene rings is 3. The minimum Gasteiger partial charge on any atom is -0.326 e. The van der Waals surface area contributed by atoms with E-state index < -0.39 is 22.1 Å². The van der Waals surface area contributed by atoms with Crippen molar-refractivity contribution in [2.45, 2.75) is 23.6 Å². The highest BCUT2D eigenvalue weighted by molar-refractivity contribution is 6.53. The molecule has 3 aromatic rings. The Morgan fingerprint density at radius 1 is 0.886 bits per heavy atom. The van der Waals surface area contributed by atoms with E-state index in [1.807, 2.05) is 0 Å². The van der Waals surface area contributed by atoms with Crippen molar-refractivity contribution in [1.29, 1.82) is 0 Å². The molecule has 0 bridgehead atoms. The molecule has 1 N–H and O–H groups in total. The number of anilines is 1. The van der Waals surface area contributed by atoms with Crippen LogP contribution in [0.2, 0.25) is 15.1 Å². The van der Waals surface area contributed by atoms with Gasteiger partial charge in [-0.3, -0.25) is 14.4 Å². The Hall–Kier alpha value is -2.08. The van der Waals surface area contributed by atoms with Gasteiger partial charge in [0.1, 0.15) is 4.33 Å². The van der Waals surface area contributed by atoms with Crippen LogP contribution in [-0.2, 0) is 11.2 Å². The lowest BCUT2D eigenvalue weighted by atomic mass is 10.0. The standard InChI is InChI=1S/C26H18Cl5NO3/c1-13(33)15-4-2-14(3-5-15)8-22(34)20-12-19(6-7-21(20)29)32-25(35)24-23(26(24,30)31)16-9-17(27)11-18(28)10-16/h2-7,9-12,23-24H,8H2,1H3,(H,32,35). The number of hydrogen-bond donors (Lipinski definition) is 1. The van der Waals surface area contributed by atoms with Gasteiger partial charge >= 0.3 is 0 Å². The molecule has 1 saturated carbocycles. The molecule has 180 valence electrons. The van der Waals surface area contributed by atoms with E-state index in [9.17, 15) is 14.4 Å². The van der Waals surface area contributed by atoms with E-state index in [1.54, 1.807) is 54.6 Å². The summed E-state index contributed by atoms with van der Waals surface area (Å²) >= 11 is 31.3. The van der Waals surface area contributed by atoms with Crippen LogP contribution < -0.4 is 5.32 Å². The van der Waals surface area contributed by atoms with Crippen molar-refractivity contribution in [2.75, 3.05) is 5.32 Å². The number of carbonyl (C=O) groups is 3. The first-order chi connectivity index (χ1) is 16.5. The van der Waals surface area contributed by atoms with Gasteiger partial charge in [0.15, 0.2) is 11.6 Å². The van der Waals surface area contributed by atoms with Crippen molar-refractivity contribution in [1.82, 2.24) is 0 Å². The highest BCUT2D eigenvalue weighted by Crippen LogP contribution is 2.65. The molecular formula is C26H18Cl5NO3. The van der Waals surface area contributed by atoms with Gasteiger partial charge in [0.2, 0.25) is 5.91 Å². The average Bonchev–Trinajstić information content (AvgIpc) is 3.36. The number of carbonyl (C=O) groups excluding carboxylic acids is 3. The summed E-state index contributed by atoms with van der Waals surface area (Å²) in [4.78, 5) is 37.4. The lowest BCUT2D eigenvalue weighted by molar-refractivity contribution is -0.117. The third-order valence-corrected chi connectivity index (χ3v) is 7.55. The van der Waals surface area contributed by atoms with E-state index in [0.29, 0.717) is 26.9 Å². The molecule has 0 heterocycles. The van der Waals surface area contributed by atoms with Crippen LogP contribution in [0.15, 0.2) is 60.7 Å². The molecule has 0 saturated heterocycles. The van der Waals surface area contributed by atoms with Crippen LogP contribution in [0.1, 0.15) is 44.7 Å². The van der Waals surface area contributed by atoms with Crippen LogP contribution in [0.5, 0.6) is 0 Å². The second-order valence-electron chi connectivity index (χ2n) is 8.37. The average molecular weight is 570 g/mol. The van der Waals surface area contributed by atoms with E-state index in [-0.39, 0.29) is 28.6 Å². The van der Waals surface area contributed by atoms with Crippen LogP contribution in [0.4, 0.5) is 5.69 Å². The number of Topliss-reactive ketones (excluding diaryl/α,β-unsaturated/α-hetero) is 2. The fraction of sp³-hybridized carbons (Fsp3) is 0.192. The summed E-state index contributed by atoms with van der Waals surface area (Å²) in [6.45, 7) is 1.48. The number of nitrogens with one attached hydrogen (secondary N) is 1. The molecule has 1 fully saturated rings. The van der Waals surface area contributed by atoms with Crippen molar-refractivity contribution in [2.24, 2.45) is 5.92 Å². The molecule has 2 atom stereocenters. The highest BCUT2D eigenvalue weighted by atomic mass is 35.5. The Morgan fingerprint density at radius 3 is 2.11 bits per heavy atom. The van der Waals surface area contributed by atoms with Crippen LogP contribution in [0.25, 0.3) is 0 Å². The molecule has 0 spiro atoms. The molecular weight excluding hydrogens is 552 g/mol. The number of halogens is 5. The van der Waals surface area contributed by atoms with Crippen LogP contribution in [0.3, 0.4) is 0 Å². The molecule has 0 radical (unpaired) electrons. The van der Waals surface area contributed by atoms with Crippen LogP contribution in [0, 0.1) is 5.92 Å². The Morgan fingerprint density at radius 2 is 1.51 bits per heavy atom. The SMILES string of the molecule is CC(=O)c1ccc(CC(=O)c2cc(NC(=O)C3C(c4cc(Cl)cc(Cl)c4)C3(Cl)Cl)ccc2Cl)cc1. The first-order valence-electron chi connectivity index (χ1n) is 10.5. The third kappa shape index (κ3) is 5.68. The maximum Gasteiger partial charge on any atom is 0.231 e. The molecule has 9 heteroatoms. The summed E-state index contributed by atoms with van der Waals surface area (Å²) in [6, 6.07) is 16.4. The first-order valence-corrected chi connectivity index (χ1v) is 12.4. The zero-order chi connectivity index (χ0) is 25.5. The molecule has 1 amide bonds. The first kappa shape index (κ1) is 26.0. The minimum absolute atomic E-state index is 0.0522. The summed E-state index contributed by atoms with van der Waals surface area (Å²) in [6.07, 6.45) is 0.0853. The monoisotopic (exact) mass is 567 g/mol. The van der Waals surface area contributed by atoms with Crippen molar-refractivity contribution in [3.63, 3.8) is 0 Å². The Balaban J connectivity index is 1.49. The van der Waals surface area contributed by atoms with Crippen molar-refractivity contribution in [3.8, 4) is 0 Å². The van der Waals surface area contributed by atoms with Crippen LogP contribution >= 0.6 is 58.0 Å². The molecule has 0 aliphatic heterocycles. The van der Waals surface area contributed by atoms with Crippen LogP contribution in [-0.4, -0.2) is 21.8 Å². The largest absolute Gasteiger partial charge is 0.326 e. The van der Waals surface area contributed by atoms with Gasteiger partial charge in [0, 0.05) is 39.2 Å². The van der Waals surface area contributed by atoms with E-state index in [4.69, 9.17) is 58.0 Å². The van der Waals surface area contributed by atoms with Crippen molar-refractivity contribution in [3.05, 3.63) is 98.0 Å². The summed E-state index contributed by atoms with van der Waals surface area (Å²) in [5.74, 6) is -1.92. The molecule has 3 aromatic carbocycles. The predicted octanol–water partition coefficient (Wildman–Crippen LogP) is 7.80. The summed E-state index contributed by atoms with van der Waals surface area (Å²) < 4.78 is -1.32. The highest BCUT2D eigenvalue weighted by Gasteiger charge is 2.67. The zero-order valence-electron chi connectivity index (χ0n) is 18.2. The third-order valence-electron chi connectivity index (χ3n) is 5.84. The van der Waals surface area contributed by atoms with Gasteiger partial charge in [-0.15, -0.1) is 23.2 Å². The lowest BCUT2D eigenvalue weighted by Crippen LogP contribution is -2.17. The van der Waals surface area contributed by atoms with E-state index in [1.165, 1.54) is 13.0 Å². The number of ketones is 2. The molecule has 1 aliphatic rings. The number of rotatable bonds is 7. The normalized spacial score (nSPS) is 18.1. The van der Waals surface area contributed by atoms with Gasteiger partial charge in [0.05, 0.1) is 10.9 Å². The summed E-state index contributed by atoms with van der Waals surface area (Å²) in [5.41, 5.74) is 2.61. The summed E-state index contributed by atoms with van der Waals surface area (Å²) in [5, 5.41) is 3.86. The maximum atomic E-state index is 13.0. The number of alkyl halides is 2. The fourth-order valence-corrected chi connectivity index (χ4v) is 5.59. The molecule has 35 heavy (non-hydrogen) atoms.